The number of nitrogens with zero attached hydrogens (tertiary/aromatic N) is 6. The Morgan fingerprint density at radius 2 is 2.17 bits per heavy atom. The second-order valence-corrected chi connectivity index (χ2v) is 5.44. The maximum absolute atomic E-state index is 12.7. The summed E-state index contributed by atoms with van der Waals surface area (Å²) in [6.07, 6.45) is 2.30. The molecule has 2 aromatic heterocycles. The van der Waals surface area contributed by atoms with Crippen LogP contribution in [0.3, 0.4) is 0 Å². The van der Waals surface area contributed by atoms with Crippen molar-refractivity contribution in [3.05, 3.63) is 39.8 Å². The summed E-state index contributed by atoms with van der Waals surface area (Å²) in [6.45, 7) is 3.93. The third-order valence-corrected chi connectivity index (χ3v) is 3.61. The Kier molecular flexibility index (Phi) is 4.77. The number of aromatic nitrogens is 4. The van der Waals surface area contributed by atoms with E-state index in [0.29, 0.717) is 18.7 Å². The molecule has 1 atom stereocenters. The van der Waals surface area contributed by atoms with Crippen LogP contribution in [-0.4, -0.2) is 42.3 Å². The Hall–Kier alpha value is -2.71. The van der Waals surface area contributed by atoms with Gasteiger partial charge >= 0.3 is 5.82 Å². The number of aryl methyl sites for hydroxylation is 2. The first-order valence-electron chi connectivity index (χ1n) is 7.27. The van der Waals surface area contributed by atoms with Gasteiger partial charge in [0.25, 0.3) is 0 Å². The van der Waals surface area contributed by atoms with Crippen LogP contribution in [0.2, 0.25) is 0 Å². The fraction of sp³-hybridized carbons (Fsp3) is 0.500. The first-order valence-corrected chi connectivity index (χ1v) is 7.27. The summed E-state index contributed by atoms with van der Waals surface area (Å²) in [7, 11) is 3.50. The molecule has 2 rings (SSSR count). The average molecular weight is 320 g/mol. The summed E-state index contributed by atoms with van der Waals surface area (Å²) in [5.41, 5.74) is 1.37. The van der Waals surface area contributed by atoms with E-state index in [-0.39, 0.29) is 11.7 Å². The minimum Gasteiger partial charge on any atom is -0.358 e. The third-order valence-electron chi connectivity index (χ3n) is 3.61. The van der Waals surface area contributed by atoms with E-state index in [4.69, 9.17) is 0 Å². The second-order valence-electron chi connectivity index (χ2n) is 5.44. The van der Waals surface area contributed by atoms with Crippen molar-refractivity contribution < 1.29 is 9.72 Å². The highest BCUT2D eigenvalue weighted by molar-refractivity contribution is 5.80. The van der Waals surface area contributed by atoms with Crippen molar-refractivity contribution in [3.8, 4) is 0 Å². The van der Waals surface area contributed by atoms with Crippen LogP contribution >= 0.6 is 0 Å². The van der Waals surface area contributed by atoms with Crippen LogP contribution in [0.25, 0.3) is 0 Å². The molecule has 9 nitrogen and oxygen atoms in total. The summed E-state index contributed by atoms with van der Waals surface area (Å²) >= 11 is 0. The normalized spacial score (nSPS) is 12.2. The Balaban J connectivity index is 2.19. The molecule has 1 amide bonds. The second kappa shape index (κ2) is 6.59. The number of rotatable bonds is 6. The molecule has 0 saturated heterocycles. The number of carbonyl (C=O) groups excluding carboxylic acids is 1. The predicted octanol–water partition coefficient (Wildman–Crippen LogP) is 1.44. The highest BCUT2D eigenvalue weighted by atomic mass is 16.6. The Labute approximate surface area is 133 Å². The Morgan fingerprint density at radius 3 is 2.65 bits per heavy atom. The molecule has 0 saturated carbocycles. The molecule has 0 aromatic carbocycles. The molecule has 1 unspecified atom stereocenters. The van der Waals surface area contributed by atoms with E-state index < -0.39 is 11.0 Å². The van der Waals surface area contributed by atoms with Crippen molar-refractivity contribution in [3.63, 3.8) is 0 Å². The van der Waals surface area contributed by atoms with Gasteiger partial charge in [-0.15, -0.1) is 0 Å². The van der Waals surface area contributed by atoms with Crippen molar-refractivity contribution in [2.75, 3.05) is 7.05 Å². The highest BCUT2D eigenvalue weighted by Crippen LogP contribution is 2.21. The Morgan fingerprint density at radius 1 is 1.48 bits per heavy atom. The van der Waals surface area contributed by atoms with Crippen LogP contribution in [0.5, 0.6) is 0 Å². The van der Waals surface area contributed by atoms with Gasteiger partial charge in [-0.2, -0.15) is 9.78 Å². The van der Waals surface area contributed by atoms with Crippen LogP contribution in [-0.2, 0) is 18.4 Å². The van der Waals surface area contributed by atoms with Crippen molar-refractivity contribution in [1.82, 2.24) is 24.5 Å². The zero-order valence-corrected chi connectivity index (χ0v) is 13.6. The molecule has 0 spiro atoms. The van der Waals surface area contributed by atoms with Gasteiger partial charge in [-0.1, -0.05) is 6.92 Å². The van der Waals surface area contributed by atoms with Gasteiger partial charge in [0.15, 0.2) is 6.04 Å². The first kappa shape index (κ1) is 16.7. The molecule has 0 aliphatic heterocycles. The zero-order chi connectivity index (χ0) is 17.1. The van der Waals surface area contributed by atoms with Gasteiger partial charge in [-0.05, 0) is 24.3 Å². The maximum atomic E-state index is 12.7. The van der Waals surface area contributed by atoms with Gasteiger partial charge in [0.05, 0.1) is 29.1 Å². The molecule has 2 aromatic rings. The average Bonchev–Trinajstić information content (AvgIpc) is 3.06. The molecule has 0 radical (unpaired) electrons. The predicted molar refractivity (Wildman–Crippen MR) is 82.6 cm³/mol. The molecule has 0 bridgehead atoms. The van der Waals surface area contributed by atoms with Gasteiger partial charge in [0.2, 0.25) is 5.91 Å². The lowest BCUT2D eigenvalue weighted by molar-refractivity contribution is -0.389. The molecule has 9 heteroatoms. The topological polar surface area (TPSA) is 99.1 Å². The largest absolute Gasteiger partial charge is 0.390 e. The summed E-state index contributed by atoms with van der Waals surface area (Å²) in [4.78, 5) is 24.5. The van der Waals surface area contributed by atoms with E-state index in [1.54, 1.807) is 23.6 Å². The molecule has 124 valence electrons. The van der Waals surface area contributed by atoms with Crippen LogP contribution in [0.1, 0.15) is 30.8 Å². The van der Waals surface area contributed by atoms with Crippen molar-refractivity contribution in [2.45, 2.75) is 32.9 Å². The summed E-state index contributed by atoms with van der Waals surface area (Å²) in [5.74, 6) is -0.402. The number of carbonyl (C=O) groups is 1. The fourth-order valence-electron chi connectivity index (χ4n) is 2.45. The van der Waals surface area contributed by atoms with E-state index in [9.17, 15) is 14.9 Å². The summed E-state index contributed by atoms with van der Waals surface area (Å²) in [6, 6.07) is 2.64. The maximum Gasteiger partial charge on any atom is 0.390 e. The van der Waals surface area contributed by atoms with Gasteiger partial charge < -0.3 is 15.0 Å². The summed E-state index contributed by atoms with van der Waals surface area (Å²) < 4.78 is 3.10. The number of amides is 1. The van der Waals surface area contributed by atoms with Crippen molar-refractivity contribution in [1.29, 1.82) is 0 Å². The number of hydrogen-bond donors (Lipinski definition) is 0. The molecular weight excluding hydrogens is 300 g/mol. The summed E-state index contributed by atoms with van der Waals surface area (Å²) in [5, 5.41) is 19.0. The third kappa shape index (κ3) is 3.55. The van der Waals surface area contributed by atoms with Crippen LogP contribution in [0.15, 0.2) is 18.3 Å². The van der Waals surface area contributed by atoms with Gasteiger partial charge in [0, 0.05) is 20.3 Å². The lowest BCUT2D eigenvalue weighted by Crippen LogP contribution is -2.34. The van der Waals surface area contributed by atoms with Crippen molar-refractivity contribution >= 4 is 11.7 Å². The monoisotopic (exact) mass is 320 g/mol. The highest BCUT2D eigenvalue weighted by Gasteiger charge is 2.29. The molecule has 0 N–H and O–H groups in total. The Bertz CT molecular complexity index is 720. The van der Waals surface area contributed by atoms with Crippen LogP contribution in [0.4, 0.5) is 5.82 Å². The first-order chi connectivity index (χ1) is 10.8. The SMILES string of the molecule is CCC(C(=O)N(C)Cc1ccn(C)n1)n1nc([N+](=O)[O-])cc1C. The van der Waals surface area contributed by atoms with Gasteiger partial charge in [-0.3, -0.25) is 9.48 Å². The smallest absolute Gasteiger partial charge is 0.358 e. The minimum absolute atomic E-state index is 0.153. The number of likely N-dealkylation sites (N-methyl/N-ethyl adjacent to an activating group) is 1. The van der Waals surface area contributed by atoms with E-state index in [1.807, 2.05) is 26.2 Å². The van der Waals surface area contributed by atoms with E-state index >= 15 is 0 Å². The van der Waals surface area contributed by atoms with E-state index in [2.05, 4.69) is 10.2 Å². The van der Waals surface area contributed by atoms with Gasteiger partial charge in [0.1, 0.15) is 0 Å². The minimum atomic E-state index is -0.572. The molecule has 0 aliphatic rings. The van der Waals surface area contributed by atoms with Gasteiger partial charge in [-0.25, -0.2) is 0 Å². The lowest BCUT2D eigenvalue weighted by atomic mass is 10.2. The molecular formula is C14H20N6O3. The van der Waals surface area contributed by atoms with E-state index in [1.165, 1.54) is 10.7 Å². The fourth-order valence-corrected chi connectivity index (χ4v) is 2.45. The molecule has 23 heavy (non-hydrogen) atoms. The molecule has 2 heterocycles. The molecule has 0 aliphatic carbocycles. The van der Waals surface area contributed by atoms with Crippen LogP contribution in [0, 0.1) is 17.0 Å². The standard InChI is InChI=1S/C14H20N6O3/c1-5-12(19-10(2)8-13(16-19)20(22)23)14(21)17(3)9-11-6-7-18(4)15-11/h6-8,12H,5,9H2,1-4H3. The number of hydrogen-bond acceptors (Lipinski definition) is 5. The quantitative estimate of drug-likeness (QED) is 0.592. The molecule has 0 fully saturated rings. The lowest BCUT2D eigenvalue weighted by Gasteiger charge is -2.21. The van der Waals surface area contributed by atoms with E-state index in [0.717, 1.165) is 5.69 Å². The zero-order valence-electron chi connectivity index (χ0n) is 13.6. The van der Waals surface area contributed by atoms with Crippen LogP contribution < -0.4 is 0 Å². The number of nitro groups is 1. The van der Waals surface area contributed by atoms with Crippen molar-refractivity contribution in [2.24, 2.45) is 7.05 Å².